The van der Waals surface area contributed by atoms with Gasteiger partial charge in [0, 0.05) is 43.8 Å². The lowest BCUT2D eigenvalue weighted by Crippen LogP contribution is -2.49. The summed E-state index contributed by atoms with van der Waals surface area (Å²) in [5.74, 6) is -1.20. The molecule has 1 atom stereocenters. The van der Waals surface area contributed by atoms with E-state index < -0.39 is 26.6 Å². The van der Waals surface area contributed by atoms with E-state index >= 15 is 0 Å². The molecule has 0 N–H and O–H groups in total. The maximum atomic E-state index is 14.2. The van der Waals surface area contributed by atoms with Gasteiger partial charge in [-0.3, -0.25) is 4.90 Å². The second-order valence-electron chi connectivity index (χ2n) is 8.49. The molecule has 0 radical (unpaired) electrons. The van der Waals surface area contributed by atoms with Gasteiger partial charge < -0.3 is 9.47 Å². The predicted molar refractivity (Wildman–Crippen MR) is 134 cm³/mol. The van der Waals surface area contributed by atoms with Crippen LogP contribution in [0.3, 0.4) is 0 Å². The van der Waals surface area contributed by atoms with Crippen molar-refractivity contribution in [3.63, 3.8) is 0 Å². The maximum Gasteiger partial charge on any atom is 0.246 e. The Morgan fingerprint density at radius 3 is 2.42 bits per heavy atom. The van der Waals surface area contributed by atoms with E-state index in [1.165, 1.54) is 4.31 Å². The summed E-state index contributed by atoms with van der Waals surface area (Å²) in [6.45, 7) is 2.09. The van der Waals surface area contributed by atoms with Gasteiger partial charge in [0.1, 0.15) is 22.3 Å². The Morgan fingerprint density at radius 2 is 1.72 bits per heavy atom. The minimum absolute atomic E-state index is 0.179. The highest BCUT2D eigenvalue weighted by molar-refractivity contribution is 7.89. The monoisotopic (exact) mass is 536 g/mol. The molecule has 6 nitrogen and oxygen atoms in total. The molecule has 0 bridgehead atoms. The standard InChI is InChI=1S/C26H27ClF2N2O4S/c1-34-23-7-3-5-20(15-23)25(35-18-19-4-2-6-21(27)14-19)17-30-10-12-31(13-11-30)36(32,33)26-9-8-22(28)16-24(26)29/h2-9,14-16,25H,10-13,17-18H2,1H3/t25-/m0/s1. The zero-order valence-electron chi connectivity index (χ0n) is 19.7. The van der Waals surface area contributed by atoms with Crippen LogP contribution in [0.15, 0.2) is 71.6 Å². The summed E-state index contributed by atoms with van der Waals surface area (Å²) in [5, 5.41) is 0.629. The molecular formula is C26H27ClF2N2O4S. The topological polar surface area (TPSA) is 59.1 Å². The highest BCUT2D eigenvalue weighted by Crippen LogP contribution is 2.27. The van der Waals surface area contributed by atoms with Crippen molar-refractivity contribution in [1.29, 1.82) is 0 Å². The molecule has 36 heavy (non-hydrogen) atoms. The summed E-state index contributed by atoms with van der Waals surface area (Å²) < 4.78 is 66.1. The molecule has 3 aromatic rings. The number of halogens is 3. The van der Waals surface area contributed by atoms with Crippen LogP contribution in [0.4, 0.5) is 8.78 Å². The van der Waals surface area contributed by atoms with Crippen molar-refractivity contribution in [1.82, 2.24) is 9.21 Å². The van der Waals surface area contributed by atoms with Crippen LogP contribution in [0.25, 0.3) is 0 Å². The van der Waals surface area contributed by atoms with E-state index in [0.717, 1.165) is 23.3 Å². The van der Waals surface area contributed by atoms with Crippen LogP contribution < -0.4 is 4.74 Å². The lowest BCUT2D eigenvalue weighted by molar-refractivity contribution is 0.00762. The second-order valence-corrected chi connectivity index (χ2v) is 10.8. The fraction of sp³-hybridized carbons (Fsp3) is 0.308. The number of nitrogens with zero attached hydrogens (tertiary/aromatic N) is 2. The average molecular weight is 537 g/mol. The van der Waals surface area contributed by atoms with E-state index in [0.29, 0.717) is 43.1 Å². The SMILES string of the molecule is COc1cccc([C@H](CN2CCN(S(=O)(=O)c3ccc(F)cc3F)CC2)OCc2cccc(Cl)c2)c1. The smallest absolute Gasteiger partial charge is 0.246 e. The molecule has 192 valence electrons. The first-order valence-electron chi connectivity index (χ1n) is 11.4. The van der Waals surface area contributed by atoms with E-state index in [1.54, 1.807) is 13.2 Å². The van der Waals surface area contributed by atoms with Crippen LogP contribution >= 0.6 is 11.6 Å². The molecule has 1 aliphatic rings. The highest BCUT2D eigenvalue weighted by Gasteiger charge is 2.31. The Hall–Kier alpha value is -2.56. The third kappa shape index (κ3) is 6.41. The van der Waals surface area contributed by atoms with Crippen molar-refractivity contribution in [2.75, 3.05) is 39.8 Å². The van der Waals surface area contributed by atoms with Crippen LogP contribution in [-0.2, 0) is 21.4 Å². The van der Waals surface area contributed by atoms with Crippen molar-refractivity contribution in [2.24, 2.45) is 0 Å². The Morgan fingerprint density at radius 1 is 0.972 bits per heavy atom. The van der Waals surface area contributed by atoms with Gasteiger partial charge in [-0.1, -0.05) is 35.9 Å². The third-order valence-electron chi connectivity index (χ3n) is 6.07. The number of methoxy groups -OCH3 is 1. The predicted octanol–water partition coefficient (Wildman–Crippen LogP) is 4.89. The first-order chi connectivity index (χ1) is 17.3. The lowest BCUT2D eigenvalue weighted by atomic mass is 10.1. The van der Waals surface area contributed by atoms with Crippen molar-refractivity contribution in [3.05, 3.63) is 94.5 Å². The first kappa shape index (κ1) is 26.5. The van der Waals surface area contributed by atoms with Gasteiger partial charge in [0.25, 0.3) is 0 Å². The third-order valence-corrected chi connectivity index (χ3v) is 8.24. The zero-order valence-corrected chi connectivity index (χ0v) is 21.3. The van der Waals surface area contributed by atoms with Gasteiger partial charge in [0.15, 0.2) is 0 Å². The molecule has 0 aliphatic carbocycles. The Kier molecular flexibility index (Phi) is 8.58. The van der Waals surface area contributed by atoms with Crippen LogP contribution in [0.5, 0.6) is 5.75 Å². The molecule has 1 heterocycles. The average Bonchev–Trinajstić information content (AvgIpc) is 2.86. The molecule has 1 saturated heterocycles. The summed E-state index contributed by atoms with van der Waals surface area (Å²) in [6.07, 6.45) is -0.309. The lowest BCUT2D eigenvalue weighted by Gasteiger charge is -2.36. The number of benzene rings is 3. The van der Waals surface area contributed by atoms with Gasteiger partial charge in [-0.15, -0.1) is 0 Å². The maximum absolute atomic E-state index is 14.2. The minimum atomic E-state index is -4.07. The zero-order chi connectivity index (χ0) is 25.7. The number of piperazine rings is 1. The minimum Gasteiger partial charge on any atom is -0.497 e. The largest absolute Gasteiger partial charge is 0.497 e. The summed E-state index contributed by atoms with van der Waals surface area (Å²) >= 11 is 6.11. The number of hydrogen-bond donors (Lipinski definition) is 0. The highest BCUT2D eigenvalue weighted by atomic mass is 35.5. The number of hydrogen-bond acceptors (Lipinski definition) is 5. The summed E-state index contributed by atoms with van der Waals surface area (Å²) in [7, 11) is -2.47. The Balaban J connectivity index is 1.45. The molecule has 3 aromatic carbocycles. The molecule has 4 rings (SSSR count). The van der Waals surface area contributed by atoms with Crippen LogP contribution in [0.1, 0.15) is 17.2 Å². The molecule has 0 spiro atoms. The number of ether oxygens (including phenoxy) is 2. The molecule has 0 aromatic heterocycles. The molecule has 0 amide bonds. The van der Waals surface area contributed by atoms with Gasteiger partial charge >= 0.3 is 0 Å². The van der Waals surface area contributed by atoms with Gasteiger partial charge in [0.2, 0.25) is 10.0 Å². The molecular weight excluding hydrogens is 510 g/mol. The van der Waals surface area contributed by atoms with E-state index in [9.17, 15) is 17.2 Å². The van der Waals surface area contributed by atoms with Crippen LogP contribution in [-0.4, -0.2) is 57.5 Å². The van der Waals surface area contributed by atoms with Crippen molar-refractivity contribution >= 4 is 21.6 Å². The summed E-state index contributed by atoms with van der Waals surface area (Å²) in [6, 6.07) is 17.6. The fourth-order valence-electron chi connectivity index (χ4n) is 4.13. The van der Waals surface area contributed by atoms with E-state index in [-0.39, 0.29) is 19.2 Å². The quantitative estimate of drug-likeness (QED) is 0.390. The molecule has 10 heteroatoms. The summed E-state index contributed by atoms with van der Waals surface area (Å²) in [5.41, 5.74) is 1.87. The molecule has 0 saturated carbocycles. The van der Waals surface area contributed by atoms with Crippen molar-refractivity contribution in [2.45, 2.75) is 17.6 Å². The van der Waals surface area contributed by atoms with Gasteiger partial charge in [-0.2, -0.15) is 4.31 Å². The van der Waals surface area contributed by atoms with Crippen LogP contribution in [0, 0.1) is 11.6 Å². The normalized spacial score (nSPS) is 16.1. The van der Waals surface area contributed by atoms with Crippen LogP contribution in [0.2, 0.25) is 5.02 Å². The Bertz CT molecular complexity index is 1300. The molecule has 1 aliphatic heterocycles. The van der Waals surface area contributed by atoms with Crippen molar-refractivity contribution < 1.29 is 26.7 Å². The summed E-state index contributed by atoms with van der Waals surface area (Å²) in [4.78, 5) is 1.59. The first-order valence-corrected chi connectivity index (χ1v) is 13.3. The van der Waals surface area contributed by atoms with Gasteiger partial charge in [-0.25, -0.2) is 17.2 Å². The Labute approximate surface area is 215 Å². The van der Waals surface area contributed by atoms with E-state index in [4.69, 9.17) is 21.1 Å². The van der Waals surface area contributed by atoms with E-state index in [1.807, 2.05) is 42.5 Å². The van der Waals surface area contributed by atoms with Gasteiger partial charge in [0.05, 0.1) is 19.8 Å². The van der Waals surface area contributed by atoms with Crippen molar-refractivity contribution in [3.8, 4) is 5.75 Å². The molecule has 1 fully saturated rings. The number of sulfonamides is 1. The fourth-order valence-corrected chi connectivity index (χ4v) is 5.81. The van der Waals surface area contributed by atoms with Gasteiger partial charge in [-0.05, 0) is 47.5 Å². The second kappa shape index (κ2) is 11.7. The van der Waals surface area contributed by atoms with E-state index in [2.05, 4.69) is 4.90 Å². The molecule has 0 unspecified atom stereocenters. The number of rotatable bonds is 9.